The molecule has 0 bridgehead atoms. The molecule has 1 aromatic heterocycles. The van der Waals surface area contributed by atoms with Crippen LogP contribution >= 0.6 is 0 Å². The van der Waals surface area contributed by atoms with Gasteiger partial charge in [-0.15, -0.1) is 5.10 Å². The molecule has 1 aromatic carbocycles. The maximum absolute atomic E-state index is 5.28. The topological polar surface area (TPSA) is 47.0 Å². The Hall–Kier alpha value is -1.68. The van der Waals surface area contributed by atoms with Crippen LogP contribution in [0.4, 0.5) is 5.82 Å². The van der Waals surface area contributed by atoms with Gasteiger partial charge in [0.2, 0.25) is 0 Å². The molecule has 0 spiro atoms. The van der Waals surface area contributed by atoms with Crippen LogP contribution in [0.3, 0.4) is 0 Å². The lowest BCUT2D eigenvalue weighted by atomic mass is 10.2. The van der Waals surface area contributed by atoms with Crippen LogP contribution < -0.4 is 5.32 Å². The van der Waals surface area contributed by atoms with Crippen molar-refractivity contribution in [3.8, 4) is 0 Å². The maximum Gasteiger partial charge on any atom is 0.156 e. The molecule has 0 aliphatic rings. The standard InChI is InChI=1S/C13H17N3O/c1-2-17-9-5-8-14-13-12-7-4-3-6-11(12)10-15-16-13/h3-4,6-7,10H,2,5,8-9H2,1H3,(H,14,16). The highest BCUT2D eigenvalue weighted by Gasteiger charge is 2.01. The van der Waals surface area contributed by atoms with Crippen LogP contribution in [0.2, 0.25) is 0 Å². The van der Waals surface area contributed by atoms with Crippen molar-refractivity contribution in [2.75, 3.05) is 25.1 Å². The molecule has 1 N–H and O–H groups in total. The number of aromatic nitrogens is 2. The van der Waals surface area contributed by atoms with E-state index in [0.29, 0.717) is 0 Å². The highest BCUT2D eigenvalue weighted by atomic mass is 16.5. The zero-order valence-electron chi connectivity index (χ0n) is 10.0. The highest BCUT2D eigenvalue weighted by Crippen LogP contribution is 2.18. The average molecular weight is 231 g/mol. The van der Waals surface area contributed by atoms with Gasteiger partial charge in [-0.3, -0.25) is 0 Å². The third-order valence-corrected chi connectivity index (χ3v) is 2.53. The van der Waals surface area contributed by atoms with E-state index in [2.05, 4.69) is 21.6 Å². The van der Waals surface area contributed by atoms with Crippen LogP contribution in [-0.2, 0) is 4.74 Å². The monoisotopic (exact) mass is 231 g/mol. The predicted octanol–water partition coefficient (Wildman–Crippen LogP) is 2.47. The first-order chi connectivity index (χ1) is 8.42. The van der Waals surface area contributed by atoms with Crippen LogP contribution in [0.1, 0.15) is 13.3 Å². The minimum atomic E-state index is 0.772. The molecule has 0 aliphatic carbocycles. The number of fused-ring (bicyclic) bond motifs is 1. The van der Waals surface area contributed by atoms with Gasteiger partial charge < -0.3 is 10.1 Å². The molecule has 2 rings (SSSR count). The van der Waals surface area contributed by atoms with Crippen molar-refractivity contribution < 1.29 is 4.74 Å². The Kier molecular flexibility index (Phi) is 4.27. The van der Waals surface area contributed by atoms with Crippen LogP contribution in [0, 0.1) is 0 Å². The largest absolute Gasteiger partial charge is 0.382 e. The second-order valence-corrected chi connectivity index (χ2v) is 3.76. The number of ether oxygens (including phenoxy) is 1. The van der Waals surface area contributed by atoms with E-state index in [1.54, 1.807) is 6.20 Å². The number of anilines is 1. The van der Waals surface area contributed by atoms with Crippen LogP contribution in [-0.4, -0.2) is 30.0 Å². The van der Waals surface area contributed by atoms with E-state index >= 15 is 0 Å². The number of nitrogens with one attached hydrogen (secondary N) is 1. The third-order valence-electron chi connectivity index (χ3n) is 2.53. The Morgan fingerprint density at radius 2 is 2.18 bits per heavy atom. The first kappa shape index (κ1) is 11.8. The number of hydrogen-bond acceptors (Lipinski definition) is 4. The summed E-state index contributed by atoms with van der Waals surface area (Å²) in [6.45, 7) is 4.40. The fourth-order valence-electron chi connectivity index (χ4n) is 1.68. The zero-order chi connectivity index (χ0) is 11.9. The lowest BCUT2D eigenvalue weighted by Crippen LogP contribution is -2.07. The molecule has 0 saturated carbocycles. The van der Waals surface area contributed by atoms with E-state index in [0.717, 1.165) is 42.8 Å². The normalized spacial score (nSPS) is 10.6. The fourth-order valence-corrected chi connectivity index (χ4v) is 1.68. The second-order valence-electron chi connectivity index (χ2n) is 3.76. The smallest absolute Gasteiger partial charge is 0.156 e. The summed E-state index contributed by atoms with van der Waals surface area (Å²) < 4.78 is 5.28. The van der Waals surface area contributed by atoms with E-state index in [1.807, 2.05) is 25.1 Å². The molecular formula is C13H17N3O. The van der Waals surface area contributed by atoms with Gasteiger partial charge in [0, 0.05) is 30.5 Å². The molecule has 0 saturated heterocycles. The summed E-state index contributed by atoms with van der Waals surface area (Å²) in [5.41, 5.74) is 0. The van der Waals surface area contributed by atoms with Crippen molar-refractivity contribution in [1.82, 2.24) is 10.2 Å². The molecule has 0 radical (unpaired) electrons. The first-order valence-electron chi connectivity index (χ1n) is 5.94. The summed E-state index contributed by atoms with van der Waals surface area (Å²) >= 11 is 0. The Morgan fingerprint density at radius 1 is 1.29 bits per heavy atom. The minimum absolute atomic E-state index is 0.772. The van der Waals surface area contributed by atoms with Gasteiger partial charge >= 0.3 is 0 Å². The van der Waals surface area contributed by atoms with E-state index in [-0.39, 0.29) is 0 Å². The number of nitrogens with zero attached hydrogens (tertiary/aromatic N) is 2. The molecule has 0 amide bonds. The zero-order valence-corrected chi connectivity index (χ0v) is 10.0. The van der Waals surface area contributed by atoms with Gasteiger partial charge in [-0.05, 0) is 13.3 Å². The van der Waals surface area contributed by atoms with E-state index in [9.17, 15) is 0 Å². The molecule has 4 heteroatoms. The number of benzene rings is 1. The van der Waals surface area contributed by atoms with Crippen molar-refractivity contribution in [2.24, 2.45) is 0 Å². The van der Waals surface area contributed by atoms with Gasteiger partial charge in [0.05, 0.1) is 6.20 Å². The average Bonchev–Trinajstić information content (AvgIpc) is 2.39. The van der Waals surface area contributed by atoms with Crippen LogP contribution in [0.15, 0.2) is 30.5 Å². The van der Waals surface area contributed by atoms with Crippen molar-refractivity contribution in [3.05, 3.63) is 30.5 Å². The van der Waals surface area contributed by atoms with E-state index in [4.69, 9.17) is 4.74 Å². The fraction of sp³-hybridized carbons (Fsp3) is 0.385. The van der Waals surface area contributed by atoms with Gasteiger partial charge in [0.1, 0.15) is 0 Å². The molecule has 1 heterocycles. The summed E-state index contributed by atoms with van der Waals surface area (Å²) in [6.07, 6.45) is 2.75. The Labute approximate surface area is 101 Å². The van der Waals surface area contributed by atoms with Crippen molar-refractivity contribution in [3.63, 3.8) is 0 Å². The van der Waals surface area contributed by atoms with E-state index < -0.39 is 0 Å². The minimum Gasteiger partial charge on any atom is -0.382 e. The summed E-state index contributed by atoms with van der Waals surface area (Å²) in [4.78, 5) is 0. The molecule has 90 valence electrons. The first-order valence-corrected chi connectivity index (χ1v) is 5.94. The molecule has 0 aliphatic heterocycles. The van der Waals surface area contributed by atoms with Gasteiger partial charge in [-0.25, -0.2) is 0 Å². The van der Waals surface area contributed by atoms with Gasteiger partial charge in [0.25, 0.3) is 0 Å². The molecule has 2 aromatic rings. The number of hydrogen-bond donors (Lipinski definition) is 1. The molecule has 0 unspecified atom stereocenters. The van der Waals surface area contributed by atoms with Gasteiger partial charge in [-0.2, -0.15) is 5.10 Å². The van der Waals surface area contributed by atoms with Crippen molar-refractivity contribution in [2.45, 2.75) is 13.3 Å². The Morgan fingerprint density at radius 3 is 3.06 bits per heavy atom. The number of rotatable bonds is 6. The Bertz CT molecular complexity index is 468. The predicted molar refractivity (Wildman–Crippen MR) is 69.1 cm³/mol. The molecular weight excluding hydrogens is 214 g/mol. The molecule has 0 fully saturated rings. The summed E-state index contributed by atoms with van der Waals surface area (Å²) in [6, 6.07) is 8.10. The summed E-state index contributed by atoms with van der Waals surface area (Å²) in [5.74, 6) is 0.847. The highest BCUT2D eigenvalue weighted by molar-refractivity contribution is 5.90. The van der Waals surface area contributed by atoms with Crippen molar-refractivity contribution in [1.29, 1.82) is 0 Å². The lowest BCUT2D eigenvalue weighted by molar-refractivity contribution is 0.147. The maximum atomic E-state index is 5.28. The second kappa shape index (κ2) is 6.15. The van der Waals surface area contributed by atoms with E-state index in [1.165, 1.54) is 0 Å². The molecule has 0 atom stereocenters. The van der Waals surface area contributed by atoms with Crippen LogP contribution in [0.25, 0.3) is 10.8 Å². The third kappa shape index (κ3) is 3.14. The Balaban J connectivity index is 1.98. The summed E-state index contributed by atoms with van der Waals surface area (Å²) in [7, 11) is 0. The lowest BCUT2D eigenvalue weighted by Gasteiger charge is -2.07. The van der Waals surface area contributed by atoms with Gasteiger partial charge in [0.15, 0.2) is 5.82 Å². The SMILES string of the molecule is CCOCCCNc1nncc2ccccc12. The quantitative estimate of drug-likeness (QED) is 0.776. The van der Waals surface area contributed by atoms with Crippen LogP contribution in [0.5, 0.6) is 0 Å². The molecule has 4 nitrogen and oxygen atoms in total. The van der Waals surface area contributed by atoms with Gasteiger partial charge in [-0.1, -0.05) is 24.3 Å². The van der Waals surface area contributed by atoms with Crippen molar-refractivity contribution >= 4 is 16.6 Å². The molecule has 17 heavy (non-hydrogen) atoms. The summed E-state index contributed by atoms with van der Waals surface area (Å²) in [5, 5.41) is 13.6.